The molecule has 0 spiro atoms. The highest BCUT2D eigenvalue weighted by Crippen LogP contribution is 2.38. The van der Waals surface area contributed by atoms with Crippen LogP contribution in [-0.2, 0) is 4.74 Å². The summed E-state index contributed by atoms with van der Waals surface area (Å²) in [5, 5.41) is 8.26. The molecule has 5 heterocycles. The van der Waals surface area contributed by atoms with E-state index in [9.17, 15) is 0 Å². The largest absolute Gasteiger partial charge is 0.383 e. The molecular formula is C27H28N6O. The number of nitrogens with one attached hydrogen (secondary N) is 1. The predicted octanol–water partition coefficient (Wildman–Crippen LogP) is 4.31. The number of rotatable bonds is 4. The molecule has 2 aliphatic rings. The third-order valence-electron chi connectivity index (χ3n) is 6.92. The zero-order valence-electron chi connectivity index (χ0n) is 19.2. The molecule has 4 aromatic rings. The van der Waals surface area contributed by atoms with Gasteiger partial charge in [-0.3, -0.25) is 4.98 Å². The summed E-state index contributed by atoms with van der Waals surface area (Å²) in [5.74, 6) is 0.882. The summed E-state index contributed by atoms with van der Waals surface area (Å²) < 4.78 is 7.49. The van der Waals surface area contributed by atoms with Gasteiger partial charge in [0.05, 0.1) is 30.8 Å². The molecule has 0 radical (unpaired) electrons. The number of anilines is 1. The number of allylic oxidation sites excluding steroid dienone is 1. The summed E-state index contributed by atoms with van der Waals surface area (Å²) in [6, 6.07) is 15.0. The molecule has 7 heteroatoms. The van der Waals surface area contributed by atoms with Gasteiger partial charge < -0.3 is 15.8 Å². The molecule has 0 amide bonds. The summed E-state index contributed by atoms with van der Waals surface area (Å²) in [4.78, 5) is 9.89. The fraction of sp³-hybridized carbons (Fsp3) is 0.296. The van der Waals surface area contributed by atoms with Gasteiger partial charge in [0.25, 0.3) is 0 Å². The van der Waals surface area contributed by atoms with Gasteiger partial charge in [-0.1, -0.05) is 43.0 Å². The normalized spacial score (nSPS) is 22.1. The van der Waals surface area contributed by atoms with Crippen molar-refractivity contribution in [3.63, 3.8) is 0 Å². The summed E-state index contributed by atoms with van der Waals surface area (Å²) in [7, 11) is 0. The second kappa shape index (κ2) is 8.34. The first-order chi connectivity index (χ1) is 16.6. The number of ether oxygens (including phenoxy) is 1. The van der Waals surface area contributed by atoms with E-state index in [0.717, 1.165) is 70.9 Å². The zero-order chi connectivity index (χ0) is 23.2. The zero-order valence-corrected chi connectivity index (χ0v) is 19.2. The third kappa shape index (κ3) is 3.57. The van der Waals surface area contributed by atoms with Crippen LogP contribution >= 0.6 is 0 Å². The molecule has 2 fully saturated rings. The van der Waals surface area contributed by atoms with Crippen LogP contribution < -0.4 is 11.1 Å². The van der Waals surface area contributed by atoms with Crippen LogP contribution in [-0.4, -0.2) is 44.9 Å². The Hall–Kier alpha value is -3.55. The van der Waals surface area contributed by atoms with Crippen LogP contribution in [0.4, 0.5) is 5.82 Å². The van der Waals surface area contributed by atoms with Gasteiger partial charge >= 0.3 is 0 Å². The maximum Gasteiger partial charge on any atom is 0.165 e. The quantitative estimate of drug-likeness (QED) is 0.480. The van der Waals surface area contributed by atoms with Gasteiger partial charge in [0.2, 0.25) is 0 Å². The first-order valence-electron chi connectivity index (χ1n) is 11.8. The van der Waals surface area contributed by atoms with Crippen molar-refractivity contribution in [1.82, 2.24) is 24.9 Å². The van der Waals surface area contributed by atoms with Crippen molar-refractivity contribution in [2.45, 2.75) is 37.8 Å². The Balaban J connectivity index is 1.44. The second-order valence-corrected chi connectivity index (χ2v) is 9.40. The molecule has 3 aromatic heterocycles. The Labute approximate surface area is 198 Å². The molecule has 3 N–H and O–H groups in total. The van der Waals surface area contributed by atoms with E-state index >= 15 is 0 Å². The predicted molar refractivity (Wildman–Crippen MR) is 134 cm³/mol. The van der Waals surface area contributed by atoms with Gasteiger partial charge in [0.15, 0.2) is 5.65 Å². The molecule has 0 saturated carbocycles. The molecule has 2 saturated heterocycles. The lowest BCUT2D eigenvalue weighted by Crippen LogP contribution is -2.53. The second-order valence-electron chi connectivity index (χ2n) is 9.40. The Morgan fingerprint density at radius 3 is 2.50 bits per heavy atom. The number of benzene rings is 1. The van der Waals surface area contributed by atoms with Crippen molar-refractivity contribution in [1.29, 1.82) is 0 Å². The standard InChI is InChI=1S/C27H28N6O/c1-16(2)24-25(19-10-20-14-34-15-21(11-19)31-20)32-27-22(13-30-33(27)26(24)28)18-8-9-23(29-12-18)17-6-4-3-5-7-17/h3-9,12-13,19-21,31H,1,10-11,14-15,28H2,2H3. The summed E-state index contributed by atoms with van der Waals surface area (Å²) >= 11 is 0. The first-order valence-corrected chi connectivity index (χ1v) is 11.8. The molecular weight excluding hydrogens is 424 g/mol. The number of hydrogen-bond donors (Lipinski definition) is 2. The van der Waals surface area contributed by atoms with Crippen molar-refractivity contribution < 1.29 is 4.74 Å². The molecule has 172 valence electrons. The average molecular weight is 453 g/mol. The number of piperidine rings is 1. The first kappa shape index (κ1) is 21.0. The van der Waals surface area contributed by atoms with Gasteiger partial charge in [0.1, 0.15) is 5.82 Å². The van der Waals surface area contributed by atoms with E-state index in [4.69, 9.17) is 20.4 Å². The van der Waals surface area contributed by atoms with Crippen LogP contribution in [0, 0.1) is 0 Å². The number of pyridine rings is 1. The Bertz CT molecular complexity index is 1350. The fourth-order valence-electron chi connectivity index (χ4n) is 5.36. The van der Waals surface area contributed by atoms with Gasteiger partial charge in [-0.05, 0) is 31.4 Å². The van der Waals surface area contributed by atoms with E-state index in [1.54, 1.807) is 4.52 Å². The number of nitrogens with zero attached hydrogens (tertiary/aromatic N) is 4. The summed E-state index contributed by atoms with van der Waals surface area (Å²) in [6.45, 7) is 7.68. The summed E-state index contributed by atoms with van der Waals surface area (Å²) in [6.07, 6.45) is 5.65. The van der Waals surface area contributed by atoms with E-state index < -0.39 is 0 Å². The number of aromatic nitrogens is 4. The lowest BCUT2D eigenvalue weighted by atomic mass is 9.82. The molecule has 2 bridgehead atoms. The Kier molecular flexibility index (Phi) is 5.16. The van der Waals surface area contributed by atoms with Gasteiger partial charge in [-0.15, -0.1) is 0 Å². The van der Waals surface area contributed by atoms with Crippen LogP contribution in [0.2, 0.25) is 0 Å². The van der Waals surface area contributed by atoms with Gasteiger partial charge in [-0.2, -0.15) is 9.61 Å². The van der Waals surface area contributed by atoms with E-state index in [1.807, 2.05) is 43.6 Å². The third-order valence-corrected chi connectivity index (χ3v) is 6.92. The number of hydrogen-bond acceptors (Lipinski definition) is 6. The van der Waals surface area contributed by atoms with Crippen molar-refractivity contribution in [3.05, 3.63) is 72.7 Å². The minimum atomic E-state index is 0.292. The van der Waals surface area contributed by atoms with E-state index in [-0.39, 0.29) is 0 Å². The summed E-state index contributed by atoms with van der Waals surface area (Å²) in [5.41, 5.74) is 14.2. The number of fused-ring (bicyclic) bond motifs is 3. The van der Waals surface area contributed by atoms with Crippen molar-refractivity contribution in [3.8, 4) is 22.4 Å². The molecule has 2 atom stereocenters. The number of nitrogen functional groups attached to an aromatic ring is 1. The van der Waals surface area contributed by atoms with E-state index in [2.05, 4.69) is 35.2 Å². The lowest BCUT2D eigenvalue weighted by Gasteiger charge is -2.40. The van der Waals surface area contributed by atoms with Gasteiger partial charge in [0, 0.05) is 46.5 Å². The molecule has 7 nitrogen and oxygen atoms in total. The topological polar surface area (TPSA) is 90.4 Å². The molecule has 2 aliphatic heterocycles. The number of nitrogens with two attached hydrogens (primary N) is 1. The van der Waals surface area contributed by atoms with Crippen LogP contribution in [0.15, 0.2) is 61.4 Å². The maximum atomic E-state index is 6.68. The monoisotopic (exact) mass is 452 g/mol. The van der Waals surface area contributed by atoms with Gasteiger partial charge in [-0.25, -0.2) is 4.98 Å². The molecule has 6 rings (SSSR count). The SMILES string of the molecule is C=C(C)c1c(C2CC3COCC(C2)N3)nc2c(-c3ccc(-c4ccccc4)nc3)cnn2c1N. The minimum Gasteiger partial charge on any atom is -0.383 e. The highest BCUT2D eigenvalue weighted by Gasteiger charge is 2.35. The molecule has 34 heavy (non-hydrogen) atoms. The van der Waals surface area contributed by atoms with E-state index in [1.165, 1.54) is 0 Å². The molecule has 1 aromatic carbocycles. The molecule has 0 aliphatic carbocycles. The van der Waals surface area contributed by atoms with Crippen molar-refractivity contribution in [2.75, 3.05) is 18.9 Å². The number of morpholine rings is 1. The van der Waals surface area contributed by atoms with Crippen molar-refractivity contribution in [2.24, 2.45) is 0 Å². The highest BCUT2D eigenvalue weighted by atomic mass is 16.5. The molecule has 2 unspecified atom stereocenters. The Morgan fingerprint density at radius 2 is 1.82 bits per heavy atom. The van der Waals surface area contributed by atoms with Crippen molar-refractivity contribution >= 4 is 17.0 Å². The van der Waals surface area contributed by atoms with Crippen LogP contribution in [0.3, 0.4) is 0 Å². The average Bonchev–Trinajstić information content (AvgIpc) is 3.28. The smallest absolute Gasteiger partial charge is 0.165 e. The van der Waals surface area contributed by atoms with E-state index in [0.29, 0.717) is 23.8 Å². The van der Waals surface area contributed by atoms with Crippen LogP contribution in [0.1, 0.15) is 36.9 Å². The Morgan fingerprint density at radius 1 is 1.06 bits per heavy atom. The maximum absolute atomic E-state index is 6.68. The minimum absolute atomic E-state index is 0.292. The fourth-order valence-corrected chi connectivity index (χ4v) is 5.36. The van der Waals surface area contributed by atoms with Crippen LogP contribution in [0.25, 0.3) is 33.6 Å². The van der Waals surface area contributed by atoms with Crippen LogP contribution in [0.5, 0.6) is 0 Å². The lowest BCUT2D eigenvalue weighted by molar-refractivity contribution is 0.0176. The highest BCUT2D eigenvalue weighted by molar-refractivity contribution is 5.82.